The molecule has 1 aromatic rings. The quantitative estimate of drug-likeness (QED) is 0.497. The molecule has 2 rings (SSSR count). The minimum atomic E-state index is -0.732. The Morgan fingerprint density at radius 2 is 1.72 bits per heavy atom. The average Bonchev–Trinajstić information content (AvgIpc) is 2.88. The summed E-state index contributed by atoms with van der Waals surface area (Å²) in [7, 11) is 1.20. The number of likely N-dealkylation sites (tertiary alicyclic amines) is 1. The van der Waals surface area contributed by atoms with Crippen molar-refractivity contribution in [2.24, 2.45) is 0 Å². The van der Waals surface area contributed by atoms with E-state index in [1.165, 1.54) is 7.05 Å². The number of benzene rings is 1. The third-order valence-electron chi connectivity index (χ3n) is 4.41. The lowest BCUT2D eigenvalue weighted by Gasteiger charge is -2.17. The van der Waals surface area contributed by atoms with E-state index in [9.17, 15) is 19.9 Å². The molecule has 1 saturated heterocycles. The van der Waals surface area contributed by atoms with Gasteiger partial charge in [0.15, 0.2) is 0 Å². The van der Waals surface area contributed by atoms with Crippen molar-refractivity contribution in [3.63, 3.8) is 0 Å². The molecule has 1 heterocycles. The fourth-order valence-electron chi connectivity index (χ4n) is 2.97. The van der Waals surface area contributed by atoms with Crippen LogP contribution in [0.15, 0.2) is 17.7 Å². The molecule has 1 aliphatic rings. The van der Waals surface area contributed by atoms with Crippen LogP contribution >= 0.6 is 0 Å². The molecule has 0 saturated carbocycles. The van der Waals surface area contributed by atoms with Gasteiger partial charge in [0.2, 0.25) is 0 Å². The highest BCUT2D eigenvalue weighted by Crippen LogP contribution is 2.35. The van der Waals surface area contributed by atoms with E-state index >= 15 is 0 Å². The Hall–Kier alpha value is -2.34. The first-order chi connectivity index (χ1) is 11.6. The smallest absolute Gasteiger partial charge is 0.350 e. The zero-order valence-electron chi connectivity index (χ0n) is 15.4. The first-order valence-corrected chi connectivity index (χ1v) is 8.49. The van der Waals surface area contributed by atoms with E-state index < -0.39 is 11.9 Å². The molecule has 0 bridgehead atoms. The predicted octanol–water partition coefficient (Wildman–Crippen LogP) is 3.70. The van der Waals surface area contributed by atoms with E-state index in [1.807, 2.05) is 39.8 Å². The van der Waals surface area contributed by atoms with Crippen LogP contribution in [0.25, 0.3) is 6.08 Å². The molecule has 1 aromatic carbocycles. The molecule has 0 aromatic heterocycles. The number of hydrogen-bond acceptors (Lipinski definition) is 4. The maximum absolute atomic E-state index is 12.4. The lowest BCUT2D eigenvalue weighted by atomic mass is 9.91. The first-order valence-electron chi connectivity index (χ1n) is 8.49. The Kier molecular flexibility index (Phi) is 5.52. The molecule has 1 aliphatic heterocycles. The predicted molar refractivity (Wildman–Crippen MR) is 95.5 cm³/mol. The van der Waals surface area contributed by atoms with E-state index in [1.54, 1.807) is 6.08 Å². The summed E-state index contributed by atoms with van der Waals surface area (Å²) < 4.78 is 0. The van der Waals surface area contributed by atoms with E-state index in [0.29, 0.717) is 22.8 Å². The Morgan fingerprint density at radius 1 is 1.20 bits per heavy atom. The normalized spacial score (nSPS) is 16.4. The molecule has 1 fully saturated rings. The van der Waals surface area contributed by atoms with Crippen molar-refractivity contribution < 1.29 is 19.9 Å². The van der Waals surface area contributed by atoms with Gasteiger partial charge in [-0.25, -0.2) is 9.86 Å². The van der Waals surface area contributed by atoms with Gasteiger partial charge in [-0.3, -0.25) is 14.9 Å². The zero-order valence-corrected chi connectivity index (χ0v) is 15.4. The monoisotopic (exact) mass is 346 g/mol. The zero-order chi connectivity index (χ0) is 18.9. The number of hydrogen-bond donors (Lipinski definition) is 2. The number of rotatable bonds is 3. The second kappa shape index (κ2) is 7.27. The molecule has 0 aliphatic carbocycles. The molecule has 3 amide bonds. The van der Waals surface area contributed by atoms with Crippen molar-refractivity contribution in [3.8, 4) is 5.75 Å². The highest BCUT2D eigenvalue weighted by Gasteiger charge is 2.32. The van der Waals surface area contributed by atoms with Crippen LogP contribution < -0.4 is 0 Å². The minimum Gasteiger partial charge on any atom is -0.507 e. The number of carbonyl (C=O) groups excluding carboxylic acids is 2. The number of nitrogens with zero attached hydrogens (tertiary/aromatic N) is 2. The molecule has 0 spiro atoms. The topological polar surface area (TPSA) is 81.1 Å². The highest BCUT2D eigenvalue weighted by atomic mass is 16.5. The fourth-order valence-corrected chi connectivity index (χ4v) is 2.97. The third-order valence-corrected chi connectivity index (χ3v) is 4.41. The second-order valence-corrected chi connectivity index (χ2v) is 7.04. The van der Waals surface area contributed by atoms with Crippen molar-refractivity contribution >= 4 is 18.0 Å². The Labute approximate surface area is 148 Å². The van der Waals surface area contributed by atoms with E-state index in [-0.39, 0.29) is 18.4 Å². The third kappa shape index (κ3) is 3.85. The van der Waals surface area contributed by atoms with Crippen LogP contribution in [0, 0.1) is 0 Å². The SMILES string of the molecule is CC(C)c1cc(C=C2CCN(C(=O)N(C)O)C2=O)cc(C(C)C)c1O. The van der Waals surface area contributed by atoms with Crippen LogP contribution in [0.1, 0.15) is 62.6 Å². The van der Waals surface area contributed by atoms with Gasteiger partial charge in [-0.15, -0.1) is 0 Å². The van der Waals surface area contributed by atoms with Gasteiger partial charge < -0.3 is 5.11 Å². The molecule has 6 nitrogen and oxygen atoms in total. The molecule has 0 radical (unpaired) electrons. The number of imide groups is 1. The van der Waals surface area contributed by atoms with Crippen LogP contribution in [-0.4, -0.2) is 45.8 Å². The van der Waals surface area contributed by atoms with Crippen molar-refractivity contribution in [3.05, 3.63) is 34.4 Å². The summed E-state index contributed by atoms with van der Waals surface area (Å²) in [6.07, 6.45) is 2.21. The van der Waals surface area contributed by atoms with Crippen LogP contribution in [-0.2, 0) is 4.79 Å². The second-order valence-electron chi connectivity index (χ2n) is 7.04. The highest BCUT2D eigenvalue weighted by molar-refractivity contribution is 6.08. The van der Waals surface area contributed by atoms with Crippen molar-refractivity contribution in [2.45, 2.75) is 46.0 Å². The summed E-state index contributed by atoms with van der Waals surface area (Å²) in [5, 5.41) is 20.1. The Bertz CT molecular complexity index is 691. The summed E-state index contributed by atoms with van der Waals surface area (Å²) in [5.74, 6) is 0.215. The molecular formula is C19H26N2O4. The summed E-state index contributed by atoms with van der Waals surface area (Å²) in [6, 6.07) is 3.04. The van der Waals surface area contributed by atoms with E-state index in [0.717, 1.165) is 21.6 Å². The van der Waals surface area contributed by atoms with Gasteiger partial charge >= 0.3 is 6.03 Å². The van der Waals surface area contributed by atoms with Crippen LogP contribution in [0.3, 0.4) is 0 Å². The number of aromatic hydroxyl groups is 1. The van der Waals surface area contributed by atoms with E-state index in [2.05, 4.69) is 0 Å². The summed E-state index contributed by atoms with van der Waals surface area (Å²) in [4.78, 5) is 25.2. The van der Waals surface area contributed by atoms with Gasteiger partial charge in [0.05, 0.1) is 0 Å². The van der Waals surface area contributed by atoms with Gasteiger partial charge in [0.1, 0.15) is 5.75 Å². The molecule has 0 unspecified atom stereocenters. The summed E-state index contributed by atoms with van der Waals surface area (Å²) in [6.45, 7) is 8.28. The molecule has 0 atom stereocenters. The van der Waals surface area contributed by atoms with Crippen LogP contribution in [0.5, 0.6) is 5.75 Å². The van der Waals surface area contributed by atoms with Gasteiger partial charge in [-0.2, -0.15) is 0 Å². The number of phenolic OH excluding ortho intramolecular Hbond substituents is 1. The van der Waals surface area contributed by atoms with Crippen molar-refractivity contribution in [1.29, 1.82) is 0 Å². The maximum atomic E-state index is 12.4. The van der Waals surface area contributed by atoms with Crippen molar-refractivity contribution in [2.75, 3.05) is 13.6 Å². The standard InChI is InChI=1S/C19H26N2O4/c1-11(2)15-9-13(10-16(12(3)4)17(15)22)8-14-6-7-21(18(14)23)19(24)20(5)25/h8-12,22,25H,6-7H2,1-5H3. The van der Waals surface area contributed by atoms with Crippen LogP contribution in [0.4, 0.5) is 4.79 Å². The lowest BCUT2D eigenvalue weighted by molar-refractivity contribution is -0.124. The lowest BCUT2D eigenvalue weighted by Crippen LogP contribution is -2.40. The summed E-state index contributed by atoms with van der Waals surface area (Å²) in [5.41, 5.74) is 3.03. The van der Waals surface area contributed by atoms with Gasteiger partial charge in [-0.1, -0.05) is 27.7 Å². The van der Waals surface area contributed by atoms with Gasteiger partial charge in [0, 0.05) is 19.2 Å². The number of carbonyl (C=O) groups is 2. The van der Waals surface area contributed by atoms with Crippen molar-refractivity contribution in [1.82, 2.24) is 9.96 Å². The first kappa shape index (κ1) is 19.0. The van der Waals surface area contributed by atoms with E-state index in [4.69, 9.17) is 0 Å². The fraction of sp³-hybridized carbons (Fsp3) is 0.474. The Balaban J connectivity index is 2.41. The van der Waals surface area contributed by atoms with Gasteiger partial charge in [0.25, 0.3) is 5.91 Å². The molecule has 6 heteroatoms. The van der Waals surface area contributed by atoms with Gasteiger partial charge in [-0.05, 0) is 53.2 Å². The molecular weight excluding hydrogens is 320 g/mol. The summed E-state index contributed by atoms with van der Waals surface area (Å²) >= 11 is 0. The largest absolute Gasteiger partial charge is 0.507 e. The molecule has 136 valence electrons. The number of urea groups is 1. The number of phenols is 1. The molecule has 25 heavy (non-hydrogen) atoms. The number of amides is 3. The number of hydroxylamine groups is 2. The maximum Gasteiger partial charge on any atom is 0.350 e. The van der Waals surface area contributed by atoms with Crippen LogP contribution in [0.2, 0.25) is 0 Å². The minimum absolute atomic E-state index is 0.149. The Morgan fingerprint density at radius 3 is 2.16 bits per heavy atom. The average molecular weight is 346 g/mol. The molecule has 2 N–H and O–H groups in total.